The minimum absolute atomic E-state index is 0.133. The van der Waals surface area contributed by atoms with Crippen molar-refractivity contribution in [3.05, 3.63) is 65.0 Å². The van der Waals surface area contributed by atoms with Gasteiger partial charge in [0.2, 0.25) is 11.8 Å². The average molecular weight is 465 g/mol. The summed E-state index contributed by atoms with van der Waals surface area (Å²) in [5.74, 6) is -0.487. The summed E-state index contributed by atoms with van der Waals surface area (Å²) in [6.45, 7) is 7.34. The van der Waals surface area contributed by atoms with Gasteiger partial charge in [0.25, 0.3) is 5.91 Å². The Balaban J connectivity index is 1.69. The van der Waals surface area contributed by atoms with Crippen LogP contribution in [0.4, 0.5) is 10.8 Å². The summed E-state index contributed by atoms with van der Waals surface area (Å²) in [5, 5.41) is 10.8. The van der Waals surface area contributed by atoms with Gasteiger partial charge in [0.15, 0.2) is 5.13 Å². The van der Waals surface area contributed by atoms with Crippen LogP contribution in [-0.2, 0) is 9.59 Å². The van der Waals surface area contributed by atoms with Gasteiger partial charge in [0.05, 0.1) is 5.69 Å². The van der Waals surface area contributed by atoms with Gasteiger partial charge in [-0.25, -0.2) is 4.98 Å². The Morgan fingerprint density at radius 3 is 2.33 bits per heavy atom. The smallest absolute Gasteiger partial charge is 0.252 e. The monoisotopic (exact) mass is 464 g/mol. The molecule has 3 aromatic rings. The van der Waals surface area contributed by atoms with E-state index in [1.165, 1.54) is 18.3 Å². The number of hydrogen-bond donors (Lipinski definition) is 3. The van der Waals surface area contributed by atoms with Crippen molar-refractivity contribution in [1.82, 2.24) is 10.3 Å². The van der Waals surface area contributed by atoms with Crippen molar-refractivity contribution >= 4 is 39.9 Å². The molecule has 7 nitrogen and oxygen atoms in total. The first kappa shape index (κ1) is 24.1. The molecule has 0 aliphatic heterocycles. The highest BCUT2D eigenvalue weighted by molar-refractivity contribution is 7.14. The van der Waals surface area contributed by atoms with Crippen LogP contribution in [0.5, 0.6) is 0 Å². The first-order valence-electron chi connectivity index (χ1n) is 10.7. The molecule has 0 aliphatic carbocycles. The molecule has 0 spiro atoms. The van der Waals surface area contributed by atoms with E-state index in [1.54, 1.807) is 24.3 Å². The van der Waals surface area contributed by atoms with Crippen molar-refractivity contribution < 1.29 is 14.4 Å². The van der Waals surface area contributed by atoms with Crippen LogP contribution in [0.3, 0.4) is 0 Å². The second-order valence-electron chi connectivity index (χ2n) is 8.26. The quantitative estimate of drug-likeness (QED) is 0.443. The lowest BCUT2D eigenvalue weighted by molar-refractivity contribution is -0.118. The Labute approximate surface area is 197 Å². The summed E-state index contributed by atoms with van der Waals surface area (Å²) in [4.78, 5) is 41.4. The summed E-state index contributed by atoms with van der Waals surface area (Å²) < 4.78 is 0. The van der Waals surface area contributed by atoms with Gasteiger partial charge in [-0.05, 0) is 43.0 Å². The molecule has 3 N–H and O–H groups in total. The van der Waals surface area contributed by atoms with Gasteiger partial charge >= 0.3 is 0 Å². The number of carbonyl (C=O) groups excluding carboxylic acids is 3. The van der Waals surface area contributed by atoms with Gasteiger partial charge in [0, 0.05) is 29.1 Å². The first-order chi connectivity index (χ1) is 15.7. The van der Waals surface area contributed by atoms with E-state index < -0.39 is 6.04 Å². The first-order valence-corrected chi connectivity index (χ1v) is 11.6. The Bertz CT molecular complexity index is 1140. The molecule has 172 valence electrons. The Hall–Kier alpha value is -3.52. The molecule has 0 radical (unpaired) electrons. The molecular formula is C25H28N4O3S. The van der Waals surface area contributed by atoms with Gasteiger partial charge in [-0.2, -0.15) is 0 Å². The third kappa shape index (κ3) is 6.73. The van der Waals surface area contributed by atoms with Crippen LogP contribution in [0.2, 0.25) is 0 Å². The van der Waals surface area contributed by atoms with Crippen LogP contribution < -0.4 is 16.0 Å². The Morgan fingerprint density at radius 2 is 1.70 bits per heavy atom. The lowest BCUT2D eigenvalue weighted by atomic mass is 10.0. The molecular weight excluding hydrogens is 436 g/mol. The highest BCUT2D eigenvalue weighted by Gasteiger charge is 2.24. The Morgan fingerprint density at radius 1 is 1.00 bits per heavy atom. The molecule has 1 heterocycles. The number of thiazole rings is 1. The van der Waals surface area contributed by atoms with E-state index in [2.05, 4.69) is 20.9 Å². The maximum absolute atomic E-state index is 13.0. The number of nitrogens with zero attached hydrogens (tertiary/aromatic N) is 1. The van der Waals surface area contributed by atoms with E-state index in [1.807, 2.05) is 50.4 Å². The number of amides is 3. The molecule has 33 heavy (non-hydrogen) atoms. The topological polar surface area (TPSA) is 100 Å². The van der Waals surface area contributed by atoms with Gasteiger partial charge in [0.1, 0.15) is 6.04 Å². The fourth-order valence-corrected chi connectivity index (χ4v) is 4.07. The van der Waals surface area contributed by atoms with Crippen molar-refractivity contribution in [2.75, 3.05) is 10.6 Å². The maximum atomic E-state index is 13.0. The molecule has 0 saturated heterocycles. The number of nitrogens with one attached hydrogen (secondary N) is 3. The zero-order valence-electron chi connectivity index (χ0n) is 19.1. The van der Waals surface area contributed by atoms with Gasteiger partial charge < -0.3 is 16.0 Å². The number of hydrogen-bond acceptors (Lipinski definition) is 5. The maximum Gasteiger partial charge on any atom is 0.252 e. The standard InChI is InChI=1S/C25H28N4O3S/c1-15(2)13-21(27-23(31)20-8-6-5-7-16(20)3)24(32)29-25-28-22(14-33-25)18-9-11-19(12-10-18)26-17(4)30/h5-12,14-15,21H,13H2,1-4H3,(H,26,30)(H,27,31)(H,28,29,32). The minimum Gasteiger partial charge on any atom is -0.340 e. The predicted molar refractivity (Wildman–Crippen MR) is 132 cm³/mol. The summed E-state index contributed by atoms with van der Waals surface area (Å²) in [6, 6.07) is 13.9. The van der Waals surface area contributed by atoms with Gasteiger partial charge in [-0.1, -0.05) is 44.2 Å². The molecule has 0 saturated carbocycles. The molecule has 3 amide bonds. The van der Waals surface area contributed by atoms with Crippen molar-refractivity contribution in [1.29, 1.82) is 0 Å². The summed E-state index contributed by atoms with van der Waals surface area (Å²) in [5.41, 5.74) is 3.70. The van der Waals surface area contributed by atoms with Gasteiger partial charge in [-0.15, -0.1) is 11.3 Å². The summed E-state index contributed by atoms with van der Waals surface area (Å²) in [6.07, 6.45) is 0.506. The highest BCUT2D eigenvalue weighted by Crippen LogP contribution is 2.26. The third-order valence-electron chi connectivity index (χ3n) is 4.95. The molecule has 1 unspecified atom stereocenters. The second-order valence-corrected chi connectivity index (χ2v) is 9.11. The van der Waals surface area contributed by atoms with Crippen molar-refractivity contribution in [2.24, 2.45) is 5.92 Å². The summed E-state index contributed by atoms with van der Waals surface area (Å²) >= 11 is 1.32. The molecule has 0 fully saturated rings. The lowest BCUT2D eigenvalue weighted by Crippen LogP contribution is -2.44. The van der Waals surface area contributed by atoms with Crippen molar-refractivity contribution in [2.45, 2.75) is 40.2 Å². The SMILES string of the molecule is CC(=O)Nc1ccc(-c2csc(NC(=O)C(CC(C)C)NC(=O)c3ccccc3C)n2)cc1. The van der Waals surface area contributed by atoms with Crippen LogP contribution in [0, 0.1) is 12.8 Å². The van der Waals surface area contributed by atoms with Crippen LogP contribution in [-0.4, -0.2) is 28.7 Å². The average Bonchev–Trinajstić information content (AvgIpc) is 3.21. The number of carbonyl (C=O) groups is 3. The van der Waals surface area contributed by atoms with E-state index in [0.717, 1.165) is 11.1 Å². The van der Waals surface area contributed by atoms with E-state index in [-0.39, 0.29) is 23.6 Å². The predicted octanol–water partition coefficient (Wildman–Crippen LogP) is 4.86. The molecule has 1 atom stereocenters. The molecule has 3 rings (SSSR count). The number of rotatable bonds is 8. The van der Waals surface area contributed by atoms with Crippen LogP contribution in [0.25, 0.3) is 11.3 Å². The number of aromatic nitrogens is 1. The fraction of sp³-hybridized carbons (Fsp3) is 0.280. The molecule has 0 aliphatic rings. The highest BCUT2D eigenvalue weighted by atomic mass is 32.1. The number of aryl methyl sites for hydroxylation is 1. The molecule has 8 heteroatoms. The van der Waals surface area contributed by atoms with Crippen molar-refractivity contribution in [3.8, 4) is 11.3 Å². The lowest BCUT2D eigenvalue weighted by Gasteiger charge is -2.20. The van der Waals surface area contributed by atoms with Crippen LogP contribution >= 0.6 is 11.3 Å². The van der Waals surface area contributed by atoms with Crippen LogP contribution in [0.1, 0.15) is 43.1 Å². The number of benzene rings is 2. The van der Waals surface area contributed by atoms with Crippen LogP contribution in [0.15, 0.2) is 53.9 Å². The zero-order chi connectivity index (χ0) is 24.0. The van der Waals surface area contributed by atoms with E-state index in [4.69, 9.17) is 0 Å². The fourth-order valence-electron chi connectivity index (χ4n) is 3.35. The van der Waals surface area contributed by atoms with E-state index in [9.17, 15) is 14.4 Å². The molecule has 0 bridgehead atoms. The summed E-state index contributed by atoms with van der Waals surface area (Å²) in [7, 11) is 0. The van der Waals surface area contributed by atoms with Crippen molar-refractivity contribution in [3.63, 3.8) is 0 Å². The normalized spacial score (nSPS) is 11.7. The largest absolute Gasteiger partial charge is 0.340 e. The molecule has 1 aromatic heterocycles. The number of anilines is 2. The third-order valence-corrected chi connectivity index (χ3v) is 5.71. The van der Waals surface area contributed by atoms with Gasteiger partial charge in [-0.3, -0.25) is 14.4 Å². The second kappa shape index (κ2) is 10.9. The minimum atomic E-state index is -0.679. The van der Waals surface area contributed by atoms with E-state index >= 15 is 0 Å². The molecule has 2 aromatic carbocycles. The Kier molecular flexibility index (Phi) is 7.95. The van der Waals surface area contributed by atoms with E-state index in [0.29, 0.717) is 28.5 Å². The zero-order valence-corrected chi connectivity index (χ0v) is 20.0.